The molecule has 140 valence electrons. The molecule has 2 aliphatic heterocycles. The van der Waals surface area contributed by atoms with E-state index in [0.29, 0.717) is 13.2 Å². The molecule has 2 heterocycles. The molecule has 1 saturated heterocycles. The number of hydrogen-bond donors (Lipinski definition) is 2. The molecular formula is C17H26IN3O4. The zero-order valence-corrected chi connectivity index (χ0v) is 17.0. The minimum Gasteiger partial charge on any atom is -0.492 e. The van der Waals surface area contributed by atoms with E-state index in [2.05, 4.69) is 22.5 Å². The number of nitrogens with one attached hydrogen (secondary N) is 2. The first kappa shape index (κ1) is 19.9. The highest BCUT2D eigenvalue weighted by Gasteiger charge is 2.29. The molecular weight excluding hydrogens is 437 g/mol. The Kier molecular flexibility index (Phi) is 7.42. The van der Waals surface area contributed by atoms with Gasteiger partial charge in [0.2, 0.25) is 6.79 Å². The molecule has 0 aliphatic carbocycles. The summed E-state index contributed by atoms with van der Waals surface area (Å²) in [5.74, 6) is 2.99. The lowest BCUT2D eigenvalue weighted by atomic mass is 10.0. The summed E-state index contributed by atoms with van der Waals surface area (Å²) >= 11 is 0. The van der Waals surface area contributed by atoms with E-state index in [4.69, 9.17) is 18.9 Å². The van der Waals surface area contributed by atoms with Gasteiger partial charge in [-0.05, 0) is 31.9 Å². The Balaban J connectivity index is 0.00000225. The third kappa shape index (κ3) is 5.53. The molecule has 2 N–H and O–H groups in total. The molecule has 0 spiro atoms. The zero-order chi connectivity index (χ0) is 16.8. The normalized spacial score (nSPS) is 21.6. The molecule has 2 aliphatic rings. The van der Waals surface area contributed by atoms with E-state index in [0.717, 1.165) is 49.2 Å². The lowest BCUT2D eigenvalue weighted by molar-refractivity contribution is 0.0243. The van der Waals surface area contributed by atoms with Crippen LogP contribution in [-0.2, 0) is 4.74 Å². The molecule has 1 aromatic carbocycles. The fourth-order valence-corrected chi connectivity index (χ4v) is 2.77. The van der Waals surface area contributed by atoms with Crippen molar-refractivity contribution in [1.29, 1.82) is 0 Å². The van der Waals surface area contributed by atoms with E-state index in [9.17, 15) is 0 Å². The molecule has 0 radical (unpaired) electrons. The third-order valence-corrected chi connectivity index (χ3v) is 4.16. The van der Waals surface area contributed by atoms with Gasteiger partial charge in [0.1, 0.15) is 12.4 Å². The number of fused-ring (bicyclic) bond motifs is 1. The second-order valence-electron chi connectivity index (χ2n) is 6.12. The molecule has 0 aromatic heterocycles. The molecule has 0 amide bonds. The maximum absolute atomic E-state index is 5.76. The van der Waals surface area contributed by atoms with Crippen LogP contribution in [0.3, 0.4) is 0 Å². The largest absolute Gasteiger partial charge is 0.492 e. The van der Waals surface area contributed by atoms with Gasteiger partial charge in [-0.2, -0.15) is 0 Å². The van der Waals surface area contributed by atoms with E-state index in [1.807, 2.05) is 18.2 Å². The lowest BCUT2D eigenvalue weighted by Crippen LogP contribution is -2.46. The third-order valence-electron chi connectivity index (χ3n) is 4.16. The van der Waals surface area contributed by atoms with Gasteiger partial charge in [0.05, 0.1) is 12.1 Å². The van der Waals surface area contributed by atoms with Crippen LogP contribution in [0, 0.1) is 0 Å². The summed E-state index contributed by atoms with van der Waals surface area (Å²) in [6.45, 7) is 5.15. The van der Waals surface area contributed by atoms with Crippen molar-refractivity contribution in [1.82, 2.24) is 10.6 Å². The number of rotatable bonds is 6. The van der Waals surface area contributed by atoms with Gasteiger partial charge in [0.25, 0.3) is 0 Å². The Morgan fingerprint density at radius 1 is 1.28 bits per heavy atom. The monoisotopic (exact) mass is 463 g/mol. The van der Waals surface area contributed by atoms with Gasteiger partial charge in [0.15, 0.2) is 17.5 Å². The van der Waals surface area contributed by atoms with Gasteiger partial charge < -0.3 is 29.6 Å². The van der Waals surface area contributed by atoms with Crippen molar-refractivity contribution in [2.75, 3.05) is 40.1 Å². The molecule has 25 heavy (non-hydrogen) atoms. The van der Waals surface area contributed by atoms with Crippen LogP contribution in [0.15, 0.2) is 23.2 Å². The van der Waals surface area contributed by atoms with Gasteiger partial charge in [-0.25, -0.2) is 0 Å². The quantitative estimate of drug-likeness (QED) is 0.292. The van der Waals surface area contributed by atoms with Crippen LogP contribution in [0.5, 0.6) is 17.2 Å². The van der Waals surface area contributed by atoms with Crippen molar-refractivity contribution in [3.63, 3.8) is 0 Å². The van der Waals surface area contributed by atoms with Gasteiger partial charge in [-0.3, -0.25) is 4.99 Å². The van der Waals surface area contributed by atoms with Crippen molar-refractivity contribution < 1.29 is 18.9 Å². The first-order chi connectivity index (χ1) is 11.7. The van der Waals surface area contributed by atoms with Crippen molar-refractivity contribution in [3.8, 4) is 17.2 Å². The second-order valence-corrected chi connectivity index (χ2v) is 6.12. The summed E-state index contributed by atoms with van der Waals surface area (Å²) in [7, 11) is 1.76. The molecule has 8 heteroatoms. The summed E-state index contributed by atoms with van der Waals surface area (Å²) in [6, 6.07) is 5.57. The number of ether oxygens (including phenoxy) is 4. The van der Waals surface area contributed by atoms with Crippen LogP contribution in [0.1, 0.15) is 19.8 Å². The van der Waals surface area contributed by atoms with Crippen molar-refractivity contribution in [2.45, 2.75) is 25.4 Å². The Morgan fingerprint density at radius 3 is 2.88 bits per heavy atom. The van der Waals surface area contributed by atoms with E-state index >= 15 is 0 Å². The fourth-order valence-electron chi connectivity index (χ4n) is 2.77. The fraction of sp³-hybridized carbons (Fsp3) is 0.588. The summed E-state index contributed by atoms with van der Waals surface area (Å²) < 4.78 is 22.1. The van der Waals surface area contributed by atoms with E-state index in [1.54, 1.807) is 7.05 Å². The number of benzene rings is 1. The van der Waals surface area contributed by atoms with Crippen LogP contribution >= 0.6 is 24.0 Å². The van der Waals surface area contributed by atoms with Crippen LogP contribution in [0.25, 0.3) is 0 Å². The van der Waals surface area contributed by atoms with Crippen molar-refractivity contribution in [3.05, 3.63) is 18.2 Å². The van der Waals surface area contributed by atoms with Gasteiger partial charge >= 0.3 is 0 Å². The van der Waals surface area contributed by atoms with E-state index in [-0.39, 0.29) is 36.4 Å². The van der Waals surface area contributed by atoms with Crippen LogP contribution in [-0.4, -0.2) is 51.7 Å². The second kappa shape index (κ2) is 9.33. The number of nitrogens with zero attached hydrogens (tertiary/aromatic N) is 1. The maximum Gasteiger partial charge on any atom is 0.231 e. The predicted octanol–water partition coefficient (Wildman–Crippen LogP) is 2.15. The zero-order valence-electron chi connectivity index (χ0n) is 14.7. The Morgan fingerprint density at radius 2 is 2.12 bits per heavy atom. The molecule has 3 rings (SSSR count). The Hall–Kier alpha value is -1.42. The smallest absolute Gasteiger partial charge is 0.231 e. The van der Waals surface area contributed by atoms with E-state index in [1.165, 1.54) is 0 Å². The molecule has 1 aromatic rings. The summed E-state index contributed by atoms with van der Waals surface area (Å²) in [5.41, 5.74) is -0.0966. The molecule has 0 saturated carbocycles. The summed E-state index contributed by atoms with van der Waals surface area (Å²) in [4.78, 5) is 4.22. The predicted molar refractivity (Wildman–Crippen MR) is 106 cm³/mol. The highest BCUT2D eigenvalue weighted by molar-refractivity contribution is 14.0. The minimum absolute atomic E-state index is 0. The lowest BCUT2D eigenvalue weighted by Gasteiger charge is -2.24. The first-order valence-corrected chi connectivity index (χ1v) is 8.29. The van der Waals surface area contributed by atoms with Crippen molar-refractivity contribution >= 4 is 29.9 Å². The standard InChI is InChI=1S/C17H25N3O4.HI/c1-17(6-3-8-24-17)11-20-16(18-2)19-7-9-21-13-4-5-14-15(10-13)23-12-22-14;/h4-5,10H,3,6-9,11-12H2,1-2H3,(H2,18,19,20);1H. The topological polar surface area (TPSA) is 73.3 Å². The van der Waals surface area contributed by atoms with Gasteiger partial charge in [0, 0.05) is 26.3 Å². The first-order valence-electron chi connectivity index (χ1n) is 8.29. The van der Waals surface area contributed by atoms with Gasteiger partial charge in [-0.1, -0.05) is 0 Å². The Labute approximate surface area is 165 Å². The van der Waals surface area contributed by atoms with Gasteiger partial charge in [-0.15, -0.1) is 24.0 Å². The van der Waals surface area contributed by atoms with E-state index < -0.39 is 0 Å². The summed E-state index contributed by atoms with van der Waals surface area (Å²) in [5, 5.41) is 6.54. The average molecular weight is 463 g/mol. The van der Waals surface area contributed by atoms with Crippen LogP contribution in [0.2, 0.25) is 0 Å². The highest BCUT2D eigenvalue weighted by Crippen LogP contribution is 2.34. The SMILES string of the molecule is CN=C(NCCOc1ccc2c(c1)OCO2)NCC1(C)CCCO1.I. The van der Waals surface area contributed by atoms with Crippen LogP contribution in [0.4, 0.5) is 0 Å². The average Bonchev–Trinajstić information content (AvgIpc) is 3.23. The van der Waals surface area contributed by atoms with Crippen molar-refractivity contribution in [2.24, 2.45) is 4.99 Å². The van der Waals surface area contributed by atoms with Crippen LogP contribution < -0.4 is 24.8 Å². The number of halogens is 1. The Bertz CT molecular complexity index is 591. The number of guanidine groups is 1. The number of hydrogen-bond acceptors (Lipinski definition) is 5. The maximum atomic E-state index is 5.76. The molecule has 7 nitrogen and oxygen atoms in total. The molecule has 0 bridgehead atoms. The molecule has 1 unspecified atom stereocenters. The highest BCUT2D eigenvalue weighted by atomic mass is 127. The minimum atomic E-state index is -0.0966. The summed E-state index contributed by atoms with van der Waals surface area (Å²) in [6.07, 6.45) is 2.19. The molecule has 1 atom stereocenters. The number of aliphatic imine (C=N–C) groups is 1. The molecule has 1 fully saturated rings.